The number of aliphatic hydroxyl groups excluding tert-OH is 1. The van der Waals surface area contributed by atoms with Crippen LogP contribution in [0.15, 0.2) is 24.5 Å². The lowest BCUT2D eigenvalue weighted by Crippen LogP contribution is -2.40. The first kappa shape index (κ1) is 18.8. The monoisotopic (exact) mass is 383 g/mol. The molecule has 4 heterocycles. The molecule has 28 heavy (non-hydrogen) atoms. The number of carbonyl (C=O) groups excluding carboxylic acids is 1. The minimum atomic E-state index is -0.0587. The Kier molecular flexibility index (Phi) is 5.78. The van der Waals surface area contributed by atoms with Gasteiger partial charge in [0, 0.05) is 50.2 Å². The SMILES string of the molecule is O=C1CN(CCC2CCOCC2)c2nc(-c3ccc(CCO)nc3)cnc2N1. The Morgan fingerprint density at radius 2 is 2.07 bits per heavy atom. The van der Waals surface area contributed by atoms with Crippen molar-refractivity contribution in [3.05, 3.63) is 30.2 Å². The van der Waals surface area contributed by atoms with Crippen molar-refractivity contribution in [2.45, 2.75) is 25.7 Å². The van der Waals surface area contributed by atoms with Crippen molar-refractivity contribution >= 4 is 17.5 Å². The molecule has 8 nitrogen and oxygen atoms in total. The van der Waals surface area contributed by atoms with E-state index in [-0.39, 0.29) is 12.5 Å². The number of amides is 1. The minimum Gasteiger partial charge on any atom is -0.396 e. The molecule has 2 N–H and O–H groups in total. The molecule has 2 aliphatic rings. The van der Waals surface area contributed by atoms with Crippen molar-refractivity contribution in [2.24, 2.45) is 5.92 Å². The van der Waals surface area contributed by atoms with E-state index in [0.717, 1.165) is 50.3 Å². The van der Waals surface area contributed by atoms with Gasteiger partial charge in [0.15, 0.2) is 11.6 Å². The number of carbonyl (C=O) groups is 1. The van der Waals surface area contributed by atoms with E-state index < -0.39 is 0 Å². The number of hydrogen-bond donors (Lipinski definition) is 2. The van der Waals surface area contributed by atoms with Crippen LogP contribution in [0.4, 0.5) is 11.6 Å². The van der Waals surface area contributed by atoms with Gasteiger partial charge in [0.25, 0.3) is 0 Å². The van der Waals surface area contributed by atoms with E-state index >= 15 is 0 Å². The number of hydrogen-bond acceptors (Lipinski definition) is 7. The van der Waals surface area contributed by atoms with E-state index in [1.165, 1.54) is 0 Å². The molecule has 2 aromatic rings. The highest BCUT2D eigenvalue weighted by Gasteiger charge is 2.26. The summed E-state index contributed by atoms with van der Waals surface area (Å²) in [6.07, 6.45) is 7.09. The molecular weight excluding hydrogens is 358 g/mol. The second kappa shape index (κ2) is 8.62. The van der Waals surface area contributed by atoms with Gasteiger partial charge in [0.2, 0.25) is 5.91 Å². The first-order chi connectivity index (χ1) is 13.7. The van der Waals surface area contributed by atoms with E-state index in [1.807, 2.05) is 17.0 Å². The fraction of sp³-hybridized carbons (Fsp3) is 0.500. The molecule has 2 aliphatic heterocycles. The van der Waals surface area contributed by atoms with Gasteiger partial charge in [-0.15, -0.1) is 0 Å². The number of anilines is 2. The highest BCUT2D eigenvalue weighted by atomic mass is 16.5. The van der Waals surface area contributed by atoms with Gasteiger partial charge in [0.05, 0.1) is 18.4 Å². The van der Waals surface area contributed by atoms with Crippen molar-refractivity contribution in [1.82, 2.24) is 15.0 Å². The third kappa shape index (κ3) is 4.28. The van der Waals surface area contributed by atoms with Gasteiger partial charge in [-0.05, 0) is 37.3 Å². The van der Waals surface area contributed by atoms with Crippen LogP contribution in [0, 0.1) is 5.92 Å². The molecule has 8 heteroatoms. The van der Waals surface area contributed by atoms with Crippen LogP contribution in [-0.4, -0.2) is 58.9 Å². The second-order valence-corrected chi connectivity index (χ2v) is 7.25. The van der Waals surface area contributed by atoms with E-state index in [1.54, 1.807) is 12.4 Å². The molecule has 148 valence electrons. The van der Waals surface area contributed by atoms with Gasteiger partial charge >= 0.3 is 0 Å². The molecule has 0 saturated carbocycles. The van der Waals surface area contributed by atoms with Gasteiger partial charge in [-0.2, -0.15) is 0 Å². The summed E-state index contributed by atoms with van der Waals surface area (Å²) in [4.78, 5) is 27.7. The van der Waals surface area contributed by atoms with E-state index in [4.69, 9.17) is 14.8 Å². The number of rotatable bonds is 6. The van der Waals surface area contributed by atoms with Gasteiger partial charge in [-0.1, -0.05) is 0 Å². The quantitative estimate of drug-likeness (QED) is 0.782. The van der Waals surface area contributed by atoms with Crippen LogP contribution in [0.2, 0.25) is 0 Å². The first-order valence-electron chi connectivity index (χ1n) is 9.78. The highest BCUT2D eigenvalue weighted by Crippen LogP contribution is 2.29. The number of aromatic nitrogens is 3. The third-order valence-electron chi connectivity index (χ3n) is 5.28. The average molecular weight is 383 g/mol. The fourth-order valence-electron chi connectivity index (χ4n) is 3.64. The highest BCUT2D eigenvalue weighted by molar-refractivity contribution is 5.99. The number of nitrogens with one attached hydrogen (secondary N) is 1. The predicted molar refractivity (Wildman–Crippen MR) is 105 cm³/mol. The van der Waals surface area contributed by atoms with Crippen LogP contribution < -0.4 is 10.2 Å². The molecule has 1 fully saturated rings. The maximum Gasteiger partial charge on any atom is 0.245 e. The second-order valence-electron chi connectivity index (χ2n) is 7.25. The average Bonchev–Trinajstić information content (AvgIpc) is 2.73. The molecule has 0 spiro atoms. The lowest BCUT2D eigenvalue weighted by molar-refractivity contribution is -0.115. The van der Waals surface area contributed by atoms with Crippen molar-refractivity contribution < 1.29 is 14.6 Å². The zero-order valence-electron chi connectivity index (χ0n) is 15.8. The summed E-state index contributed by atoms with van der Waals surface area (Å²) in [7, 11) is 0. The standard InChI is InChI=1S/C20H25N5O3/c26-8-4-16-2-1-15(11-21-16)17-12-22-19-20(23-17)25(13-18(27)24-19)7-3-14-5-9-28-10-6-14/h1-2,11-12,14,26H,3-10,13H2,(H,22,24,27). The maximum atomic E-state index is 12.1. The van der Waals surface area contributed by atoms with Crippen molar-refractivity contribution in [2.75, 3.05) is 43.1 Å². The molecule has 1 amide bonds. The lowest BCUT2D eigenvalue weighted by atomic mass is 9.96. The van der Waals surface area contributed by atoms with Gasteiger partial charge < -0.3 is 20.1 Å². The van der Waals surface area contributed by atoms with E-state index in [9.17, 15) is 4.79 Å². The number of aliphatic hydroxyl groups is 1. The Morgan fingerprint density at radius 1 is 1.21 bits per heavy atom. The van der Waals surface area contributed by atoms with Crippen LogP contribution >= 0.6 is 0 Å². The molecule has 0 aliphatic carbocycles. The Morgan fingerprint density at radius 3 is 2.82 bits per heavy atom. The summed E-state index contributed by atoms with van der Waals surface area (Å²) in [5, 5.41) is 11.8. The van der Waals surface area contributed by atoms with E-state index in [2.05, 4.69) is 15.3 Å². The van der Waals surface area contributed by atoms with Crippen molar-refractivity contribution in [1.29, 1.82) is 0 Å². The van der Waals surface area contributed by atoms with Crippen molar-refractivity contribution in [3.63, 3.8) is 0 Å². The van der Waals surface area contributed by atoms with Crippen LogP contribution in [0.1, 0.15) is 25.0 Å². The summed E-state index contributed by atoms with van der Waals surface area (Å²) >= 11 is 0. The number of fused-ring (bicyclic) bond motifs is 1. The number of nitrogens with zero attached hydrogens (tertiary/aromatic N) is 4. The van der Waals surface area contributed by atoms with Crippen LogP contribution in [0.3, 0.4) is 0 Å². The Bertz CT molecular complexity index is 821. The summed E-state index contributed by atoms with van der Waals surface area (Å²) in [5.74, 6) is 1.79. The summed E-state index contributed by atoms with van der Waals surface area (Å²) in [6.45, 7) is 2.79. The topological polar surface area (TPSA) is 100 Å². The molecule has 1 saturated heterocycles. The molecule has 4 rings (SSSR count). The minimum absolute atomic E-state index is 0.0587. The molecule has 0 bridgehead atoms. The maximum absolute atomic E-state index is 12.1. The summed E-state index contributed by atoms with van der Waals surface area (Å²) in [6, 6.07) is 3.82. The largest absolute Gasteiger partial charge is 0.396 e. The van der Waals surface area contributed by atoms with Gasteiger partial charge in [0.1, 0.15) is 0 Å². The molecule has 0 aromatic carbocycles. The Labute approximate surface area is 164 Å². The number of pyridine rings is 1. The smallest absolute Gasteiger partial charge is 0.245 e. The van der Waals surface area contributed by atoms with Gasteiger partial charge in [-0.3, -0.25) is 9.78 Å². The lowest BCUT2D eigenvalue weighted by Gasteiger charge is -2.31. The Hall–Kier alpha value is -2.58. The molecular formula is C20H25N5O3. The number of ether oxygens (including phenoxy) is 1. The first-order valence-corrected chi connectivity index (χ1v) is 9.78. The summed E-state index contributed by atoms with van der Waals surface area (Å²) < 4.78 is 5.43. The zero-order chi connectivity index (χ0) is 19.3. The molecule has 0 unspecified atom stereocenters. The van der Waals surface area contributed by atoms with E-state index in [0.29, 0.717) is 36.2 Å². The van der Waals surface area contributed by atoms with Crippen LogP contribution in [0.5, 0.6) is 0 Å². The summed E-state index contributed by atoms with van der Waals surface area (Å²) in [5.41, 5.74) is 2.41. The molecule has 0 radical (unpaired) electrons. The molecule has 0 atom stereocenters. The zero-order valence-corrected chi connectivity index (χ0v) is 15.8. The normalized spacial score (nSPS) is 17.3. The predicted octanol–water partition coefficient (Wildman–Crippen LogP) is 1.65. The van der Waals surface area contributed by atoms with Gasteiger partial charge in [-0.25, -0.2) is 9.97 Å². The third-order valence-corrected chi connectivity index (χ3v) is 5.28. The Balaban J connectivity index is 1.53. The van der Waals surface area contributed by atoms with Crippen LogP contribution in [-0.2, 0) is 16.0 Å². The molecule has 2 aromatic heterocycles. The fourth-order valence-corrected chi connectivity index (χ4v) is 3.64. The van der Waals surface area contributed by atoms with Crippen molar-refractivity contribution in [3.8, 4) is 11.3 Å². The van der Waals surface area contributed by atoms with Crippen LogP contribution in [0.25, 0.3) is 11.3 Å².